The third-order valence-electron chi connectivity index (χ3n) is 3.02. The highest BCUT2D eigenvalue weighted by atomic mass is 32.2. The first kappa shape index (κ1) is 15.7. The van der Waals surface area contributed by atoms with Gasteiger partial charge in [-0.05, 0) is 30.2 Å². The van der Waals surface area contributed by atoms with Gasteiger partial charge in [-0.1, -0.05) is 24.3 Å². The number of aromatic nitrogens is 1. The Bertz CT molecular complexity index is 627. The van der Waals surface area contributed by atoms with E-state index in [0.29, 0.717) is 10.8 Å². The van der Waals surface area contributed by atoms with Crippen LogP contribution in [0.3, 0.4) is 0 Å². The molecule has 2 nitrogen and oxygen atoms in total. The maximum absolute atomic E-state index is 12.8. The van der Waals surface area contributed by atoms with Crippen LogP contribution in [-0.4, -0.2) is 12.0 Å². The van der Waals surface area contributed by atoms with Gasteiger partial charge in [0.1, 0.15) is 5.82 Å². The number of halogens is 3. The average Bonchev–Trinajstić information content (AvgIpc) is 2.45. The molecule has 0 spiro atoms. The van der Waals surface area contributed by atoms with Crippen LogP contribution in [0.2, 0.25) is 0 Å². The summed E-state index contributed by atoms with van der Waals surface area (Å²) in [7, 11) is 1.55. The van der Waals surface area contributed by atoms with E-state index in [4.69, 9.17) is 0 Å². The average molecular weight is 312 g/mol. The maximum Gasteiger partial charge on any atom is 0.416 e. The molecule has 0 amide bonds. The number of hydrogen-bond acceptors (Lipinski definition) is 3. The Morgan fingerprint density at radius 3 is 2.52 bits per heavy atom. The lowest BCUT2D eigenvalue weighted by Crippen LogP contribution is -2.07. The van der Waals surface area contributed by atoms with Crippen LogP contribution in [0, 0.1) is 6.92 Å². The Morgan fingerprint density at radius 1 is 1.19 bits per heavy atom. The van der Waals surface area contributed by atoms with E-state index in [1.165, 1.54) is 11.8 Å². The van der Waals surface area contributed by atoms with Crippen LogP contribution in [-0.2, 0) is 11.9 Å². The molecule has 0 atom stereocenters. The van der Waals surface area contributed by atoms with E-state index in [1.807, 2.05) is 31.2 Å². The quantitative estimate of drug-likeness (QED) is 0.825. The van der Waals surface area contributed by atoms with E-state index < -0.39 is 11.7 Å². The van der Waals surface area contributed by atoms with Gasteiger partial charge in [0.05, 0.1) is 10.6 Å². The molecule has 112 valence electrons. The van der Waals surface area contributed by atoms with Gasteiger partial charge in [0.15, 0.2) is 0 Å². The van der Waals surface area contributed by atoms with E-state index in [0.717, 1.165) is 23.3 Å². The second-order valence-electron chi connectivity index (χ2n) is 4.54. The number of rotatable bonds is 4. The highest BCUT2D eigenvalue weighted by molar-refractivity contribution is 7.98. The van der Waals surface area contributed by atoms with Gasteiger partial charge in [-0.2, -0.15) is 13.2 Å². The van der Waals surface area contributed by atoms with Gasteiger partial charge >= 0.3 is 6.18 Å². The van der Waals surface area contributed by atoms with Crippen molar-refractivity contribution in [2.75, 3.05) is 12.4 Å². The van der Waals surface area contributed by atoms with E-state index in [9.17, 15) is 13.2 Å². The number of thioether (sulfide) groups is 1. The molecule has 0 saturated heterocycles. The van der Waals surface area contributed by atoms with Crippen molar-refractivity contribution in [3.05, 3.63) is 53.1 Å². The lowest BCUT2D eigenvalue weighted by molar-refractivity contribution is -0.137. The van der Waals surface area contributed by atoms with Crippen LogP contribution in [0.5, 0.6) is 0 Å². The molecule has 0 aliphatic heterocycles. The number of anilines is 1. The number of alkyl halides is 3. The first-order valence-corrected chi connectivity index (χ1v) is 7.33. The fourth-order valence-electron chi connectivity index (χ4n) is 1.79. The molecule has 1 N–H and O–H groups in total. The van der Waals surface area contributed by atoms with Crippen molar-refractivity contribution < 1.29 is 13.2 Å². The zero-order chi connectivity index (χ0) is 15.5. The minimum atomic E-state index is -4.37. The summed E-state index contributed by atoms with van der Waals surface area (Å²) >= 11 is 1.30. The topological polar surface area (TPSA) is 24.9 Å². The number of hydrogen-bond donors (Lipinski definition) is 1. The largest absolute Gasteiger partial charge is 0.416 e. The summed E-state index contributed by atoms with van der Waals surface area (Å²) in [6, 6.07) is 9.90. The lowest BCUT2D eigenvalue weighted by Gasteiger charge is -2.11. The molecule has 21 heavy (non-hydrogen) atoms. The van der Waals surface area contributed by atoms with Crippen molar-refractivity contribution >= 4 is 17.6 Å². The van der Waals surface area contributed by atoms with Crippen molar-refractivity contribution in [2.45, 2.75) is 23.9 Å². The normalized spacial score (nSPS) is 11.5. The third kappa shape index (κ3) is 4.14. The summed E-state index contributed by atoms with van der Waals surface area (Å²) in [6.07, 6.45) is -4.37. The standard InChI is InChI=1S/C15H15F3N2S/c1-10-5-3-4-6-11(10)9-21-14-8-12(15(16,17)18)7-13(19-2)20-14/h3-8H,9H2,1-2H3,(H,19,20). The van der Waals surface area contributed by atoms with Crippen LogP contribution in [0.4, 0.5) is 19.0 Å². The predicted octanol–water partition coefficient (Wildman–Crippen LogP) is 4.74. The van der Waals surface area contributed by atoms with Gasteiger partial charge in [0, 0.05) is 12.8 Å². The molecular formula is C15H15F3N2S. The fourth-order valence-corrected chi connectivity index (χ4v) is 2.80. The van der Waals surface area contributed by atoms with Gasteiger partial charge in [0.25, 0.3) is 0 Å². The first-order chi connectivity index (χ1) is 9.90. The summed E-state index contributed by atoms with van der Waals surface area (Å²) in [4.78, 5) is 4.16. The molecular weight excluding hydrogens is 297 g/mol. The molecule has 6 heteroatoms. The van der Waals surface area contributed by atoms with E-state index in [2.05, 4.69) is 10.3 Å². The monoisotopic (exact) mass is 312 g/mol. The van der Waals surface area contributed by atoms with Gasteiger partial charge in [0.2, 0.25) is 0 Å². The summed E-state index contributed by atoms with van der Waals surface area (Å²) in [5, 5.41) is 3.02. The Kier molecular flexibility index (Phi) is 4.77. The molecule has 0 radical (unpaired) electrons. The maximum atomic E-state index is 12.8. The van der Waals surface area contributed by atoms with Gasteiger partial charge in [-0.3, -0.25) is 0 Å². The van der Waals surface area contributed by atoms with Crippen molar-refractivity contribution in [1.29, 1.82) is 0 Å². The number of nitrogens with zero attached hydrogens (tertiary/aromatic N) is 1. The molecule has 0 saturated carbocycles. The smallest absolute Gasteiger partial charge is 0.373 e. The van der Waals surface area contributed by atoms with Crippen molar-refractivity contribution in [3.63, 3.8) is 0 Å². The number of pyridine rings is 1. The first-order valence-electron chi connectivity index (χ1n) is 6.34. The van der Waals surface area contributed by atoms with Gasteiger partial charge in [-0.25, -0.2) is 4.98 Å². The van der Waals surface area contributed by atoms with Crippen LogP contribution in [0.25, 0.3) is 0 Å². The summed E-state index contributed by atoms with van der Waals surface area (Å²) in [5.41, 5.74) is 1.52. The number of aryl methyl sites for hydroxylation is 1. The molecule has 2 rings (SSSR count). The molecule has 0 unspecified atom stereocenters. The van der Waals surface area contributed by atoms with Crippen LogP contribution < -0.4 is 5.32 Å². The fraction of sp³-hybridized carbons (Fsp3) is 0.267. The minimum absolute atomic E-state index is 0.220. The summed E-state index contributed by atoms with van der Waals surface area (Å²) in [6.45, 7) is 1.98. The zero-order valence-corrected chi connectivity index (χ0v) is 12.5. The minimum Gasteiger partial charge on any atom is -0.373 e. The molecule has 0 fully saturated rings. The Hall–Kier alpha value is -1.69. The van der Waals surface area contributed by atoms with Gasteiger partial charge in [-0.15, -0.1) is 11.8 Å². The van der Waals surface area contributed by atoms with Crippen LogP contribution in [0.15, 0.2) is 41.4 Å². The molecule has 0 aliphatic carbocycles. The Balaban J connectivity index is 2.22. The van der Waals surface area contributed by atoms with Gasteiger partial charge < -0.3 is 5.32 Å². The SMILES string of the molecule is CNc1cc(C(F)(F)F)cc(SCc2ccccc2C)n1. The van der Waals surface area contributed by atoms with Crippen LogP contribution in [0.1, 0.15) is 16.7 Å². The number of nitrogens with one attached hydrogen (secondary N) is 1. The Labute approximate surface area is 125 Å². The van der Waals surface area contributed by atoms with Crippen molar-refractivity contribution in [1.82, 2.24) is 4.98 Å². The van der Waals surface area contributed by atoms with Crippen LogP contribution >= 0.6 is 11.8 Å². The summed E-state index contributed by atoms with van der Waals surface area (Å²) < 4.78 is 38.5. The molecule has 0 bridgehead atoms. The molecule has 1 aromatic heterocycles. The molecule has 1 aromatic carbocycles. The number of benzene rings is 1. The zero-order valence-electron chi connectivity index (χ0n) is 11.7. The molecule has 2 aromatic rings. The summed E-state index contributed by atoms with van der Waals surface area (Å²) in [5.74, 6) is 0.807. The lowest BCUT2D eigenvalue weighted by atomic mass is 10.1. The molecule has 1 heterocycles. The van der Waals surface area contributed by atoms with Crippen molar-refractivity contribution in [2.24, 2.45) is 0 Å². The third-order valence-corrected chi connectivity index (χ3v) is 3.98. The molecule has 0 aliphatic rings. The second kappa shape index (κ2) is 6.39. The highest BCUT2D eigenvalue weighted by Gasteiger charge is 2.31. The van der Waals surface area contributed by atoms with E-state index in [-0.39, 0.29) is 5.82 Å². The second-order valence-corrected chi connectivity index (χ2v) is 5.54. The van der Waals surface area contributed by atoms with E-state index >= 15 is 0 Å². The van der Waals surface area contributed by atoms with E-state index in [1.54, 1.807) is 7.05 Å². The Morgan fingerprint density at radius 2 is 1.90 bits per heavy atom. The highest BCUT2D eigenvalue weighted by Crippen LogP contribution is 2.33. The van der Waals surface area contributed by atoms with Crippen molar-refractivity contribution in [3.8, 4) is 0 Å². The predicted molar refractivity (Wildman–Crippen MR) is 79.5 cm³/mol.